The molecular weight excluding hydrogens is 268 g/mol. The smallest absolute Gasteiger partial charge is 0.274 e. The fraction of sp³-hybridized carbons (Fsp3) is 0.333. The van der Waals surface area contributed by atoms with Gasteiger partial charge in [0.25, 0.3) is 5.91 Å². The van der Waals surface area contributed by atoms with Gasteiger partial charge < -0.3 is 15.7 Å². The lowest BCUT2D eigenvalue weighted by atomic mass is 10.2. The van der Waals surface area contributed by atoms with E-state index in [0.717, 1.165) is 18.5 Å². The molecule has 0 saturated carbocycles. The highest BCUT2D eigenvalue weighted by Gasteiger charge is 2.29. The van der Waals surface area contributed by atoms with Gasteiger partial charge in [-0.15, -0.1) is 0 Å². The first kappa shape index (κ1) is 13.6. The summed E-state index contributed by atoms with van der Waals surface area (Å²) in [6.07, 6.45) is 3.53. The first-order valence-corrected chi connectivity index (χ1v) is 7.02. The molecule has 2 aromatic rings. The maximum atomic E-state index is 12.4. The molecule has 0 bridgehead atoms. The number of amides is 1. The standard InChI is InChI=1S/C15H18N4O2/c16-11-3-5-12(6-4-11)19-9-7-14(17-19)15(21)18-8-1-2-13(18)10-20/h3-7,9,13,20H,1-2,8,10,16H2. The van der Waals surface area contributed by atoms with Crippen molar-refractivity contribution in [3.05, 3.63) is 42.2 Å². The summed E-state index contributed by atoms with van der Waals surface area (Å²) >= 11 is 0. The molecule has 110 valence electrons. The van der Waals surface area contributed by atoms with Crippen molar-refractivity contribution in [2.24, 2.45) is 0 Å². The number of aromatic nitrogens is 2. The minimum atomic E-state index is -0.124. The van der Waals surface area contributed by atoms with E-state index in [0.29, 0.717) is 17.9 Å². The number of nitrogen functional groups attached to an aromatic ring is 1. The van der Waals surface area contributed by atoms with Crippen molar-refractivity contribution in [3.63, 3.8) is 0 Å². The fourth-order valence-electron chi connectivity index (χ4n) is 2.65. The van der Waals surface area contributed by atoms with Crippen molar-refractivity contribution in [1.82, 2.24) is 14.7 Å². The number of anilines is 1. The normalized spacial score (nSPS) is 18.1. The zero-order valence-electron chi connectivity index (χ0n) is 11.6. The summed E-state index contributed by atoms with van der Waals surface area (Å²) in [6, 6.07) is 8.90. The molecule has 1 saturated heterocycles. The zero-order valence-corrected chi connectivity index (χ0v) is 11.6. The van der Waals surface area contributed by atoms with E-state index in [9.17, 15) is 9.90 Å². The molecule has 6 heteroatoms. The van der Waals surface area contributed by atoms with E-state index >= 15 is 0 Å². The summed E-state index contributed by atoms with van der Waals surface area (Å²) in [5, 5.41) is 13.6. The molecule has 1 unspecified atom stereocenters. The number of benzene rings is 1. The highest BCUT2D eigenvalue weighted by molar-refractivity contribution is 5.92. The zero-order chi connectivity index (χ0) is 14.8. The van der Waals surface area contributed by atoms with Crippen LogP contribution in [0.25, 0.3) is 5.69 Å². The van der Waals surface area contributed by atoms with Gasteiger partial charge in [0.15, 0.2) is 5.69 Å². The summed E-state index contributed by atoms with van der Waals surface area (Å²) in [5.74, 6) is -0.124. The Hall–Kier alpha value is -2.34. The highest BCUT2D eigenvalue weighted by Crippen LogP contribution is 2.19. The van der Waals surface area contributed by atoms with E-state index in [4.69, 9.17) is 5.73 Å². The molecule has 0 spiro atoms. The van der Waals surface area contributed by atoms with Crippen LogP contribution in [0.5, 0.6) is 0 Å². The molecule has 0 radical (unpaired) electrons. The van der Waals surface area contributed by atoms with Gasteiger partial charge in [0.2, 0.25) is 0 Å². The van der Waals surface area contributed by atoms with Gasteiger partial charge in [0.1, 0.15) is 0 Å². The topological polar surface area (TPSA) is 84.4 Å². The average molecular weight is 286 g/mol. The quantitative estimate of drug-likeness (QED) is 0.826. The van der Waals surface area contributed by atoms with Crippen LogP contribution in [0.2, 0.25) is 0 Å². The van der Waals surface area contributed by atoms with Gasteiger partial charge in [0, 0.05) is 18.4 Å². The SMILES string of the molecule is Nc1ccc(-n2ccc(C(=O)N3CCCC3CO)n2)cc1. The fourth-order valence-corrected chi connectivity index (χ4v) is 2.65. The highest BCUT2D eigenvalue weighted by atomic mass is 16.3. The van der Waals surface area contributed by atoms with Crippen LogP contribution in [0.3, 0.4) is 0 Å². The molecule has 3 rings (SSSR count). The largest absolute Gasteiger partial charge is 0.399 e. The summed E-state index contributed by atoms with van der Waals surface area (Å²) < 4.78 is 1.65. The van der Waals surface area contributed by atoms with Crippen LogP contribution in [-0.2, 0) is 0 Å². The maximum absolute atomic E-state index is 12.4. The Morgan fingerprint density at radius 1 is 1.33 bits per heavy atom. The van der Waals surface area contributed by atoms with Crippen LogP contribution in [0.4, 0.5) is 5.69 Å². The van der Waals surface area contributed by atoms with Gasteiger partial charge in [-0.1, -0.05) is 0 Å². The molecule has 1 aliphatic rings. The van der Waals surface area contributed by atoms with Gasteiger partial charge in [-0.3, -0.25) is 4.79 Å². The molecule has 0 aliphatic carbocycles. The lowest BCUT2D eigenvalue weighted by Crippen LogP contribution is -2.37. The van der Waals surface area contributed by atoms with Crippen LogP contribution < -0.4 is 5.73 Å². The van der Waals surface area contributed by atoms with Crippen molar-refractivity contribution in [1.29, 1.82) is 0 Å². The minimum Gasteiger partial charge on any atom is -0.399 e. The summed E-state index contributed by atoms with van der Waals surface area (Å²) in [5.41, 5.74) is 7.59. The number of hydrogen-bond donors (Lipinski definition) is 2. The Labute approximate surface area is 122 Å². The number of hydrogen-bond acceptors (Lipinski definition) is 4. The molecular formula is C15H18N4O2. The molecule has 1 aliphatic heterocycles. The van der Waals surface area contributed by atoms with E-state index in [1.807, 2.05) is 12.1 Å². The molecule has 1 amide bonds. The van der Waals surface area contributed by atoms with Crippen molar-refractivity contribution < 1.29 is 9.90 Å². The lowest BCUT2D eigenvalue weighted by Gasteiger charge is -2.21. The second-order valence-corrected chi connectivity index (χ2v) is 5.21. The second kappa shape index (κ2) is 5.57. The number of likely N-dealkylation sites (tertiary alicyclic amines) is 1. The minimum absolute atomic E-state index is 0.00438. The molecule has 1 atom stereocenters. The van der Waals surface area contributed by atoms with Crippen molar-refractivity contribution in [2.45, 2.75) is 18.9 Å². The Kier molecular flexibility index (Phi) is 3.62. The van der Waals surface area contributed by atoms with Gasteiger partial charge in [-0.2, -0.15) is 5.10 Å². The van der Waals surface area contributed by atoms with Crippen LogP contribution in [0.1, 0.15) is 23.3 Å². The van der Waals surface area contributed by atoms with Gasteiger partial charge in [-0.25, -0.2) is 4.68 Å². The van der Waals surface area contributed by atoms with E-state index in [-0.39, 0.29) is 18.6 Å². The lowest BCUT2D eigenvalue weighted by molar-refractivity contribution is 0.0671. The third kappa shape index (κ3) is 2.62. The molecule has 2 heterocycles. The van der Waals surface area contributed by atoms with Crippen molar-refractivity contribution in [2.75, 3.05) is 18.9 Å². The summed E-state index contributed by atoms with van der Waals surface area (Å²) in [4.78, 5) is 14.1. The Morgan fingerprint density at radius 2 is 2.10 bits per heavy atom. The summed E-state index contributed by atoms with van der Waals surface area (Å²) in [7, 11) is 0. The number of carbonyl (C=O) groups is 1. The van der Waals surface area contributed by atoms with E-state index in [1.54, 1.807) is 34.0 Å². The molecule has 3 N–H and O–H groups in total. The molecule has 21 heavy (non-hydrogen) atoms. The predicted molar refractivity (Wildman–Crippen MR) is 79.1 cm³/mol. The van der Waals surface area contributed by atoms with E-state index in [2.05, 4.69) is 5.10 Å². The number of nitrogens with zero attached hydrogens (tertiary/aromatic N) is 3. The van der Waals surface area contributed by atoms with Gasteiger partial charge in [0.05, 0.1) is 18.3 Å². The number of rotatable bonds is 3. The van der Waals surface area contributed by atoms with E-state index < -0.39 is 0 Å². The molecule has 1 aromatic heterocycles. The number of carbonyl (C=O) groups excluding carboxylic acids is 1. The Bertz CT molecular complexity index is 635. The predicted octanol–water partition coefficient (Wildman–Crippen LogP) is 1.05. The van der Waals surface area contributed by atoms with E-state index in [1.165, 1.54) is 0 Å². The van der Waals surface area contributed by atoms with Crippen molar-refractivity contribution in [3.8, 4) is 5.69 Å². The summed E-state index contributed by atoms with van der Waals surface area (Å²) in [6.45, 7) is 0.684. The first-order valence-electron chi connectivity index (χ1n) is 7.02. The van der Waals surface area contributed by atoms with Crippen LogP contribution in [0, 0.1) is 0 Å². The number of aliphatic hydroxyl groups excluding tert-OH is 1. The third-order valence-corrected chi connectivity index (χ3v) is 3.81. The Morgan fingerprint density at radius 3 is 2.81 bits per heavy atom. The Balaban J connectivity index is 1.81. The van der Waals surface area contributed by atoms with Crippen LogP contribution >= 0.6 is 0 Å². The first-order chi connectivity index (χ1) is 10.2. The third-order valence-electron chi connectivity index (χ3n) is 3.81. The van der Waals surface area contributed by atoms with Crippen LogP contribution in [0.15, 0.2) is 36.5 Å². The van der Waals surface area contributed by atoms with Gasteiger partial charge >= 0.3 is 0 Å². The second-order valence-electron chi connectivity index (χ2n) is 5.21. The molecule has 1 fully saturated rings. The van der Waals surface area contributed by atoms with Crippen LogP contribution in [-0.4, -0.2) is 44.9 Å². The molecule has 1 aromatic carbocycles. The molecule has 6 nitrogen and oxygen atoms in total. The average Bonchev–Trinajstić information content (AvgIpc) is 3.16. The van der Waals surface area contributed by atoms with Crippen molar-refractivity contribution >= 4 is 11.6 Å². The van der Waals surface area contributed by atoms with Gasteiger partial charge in [-0.05, 0) is 43.2 Å². The number of aliphatic hydroxyl groups is 1. The maximum Gasteiger partial charge on any atom is 0.274 e. The number of nitrogens with two attached hydrogens (primary N) is 1. The monoisotopic (exact) mass is 286 g/mol.